The van der Waals surface area contributed by atoms with Crippen molar-refractivity contribution >= 4 is 5.82 Å². The monoisotopic (exact) mass is 245 g/mol. The van der Waals surface area contributed by atoms with Crippen molar-refractivity contribution in [2.75, 3.05) is 18.9 Å². The molecular weight excluding hydrogens is 230 g/mol. The average molecular weight is 245 g/mol. The third kappa shape index (κ3) is 1.88. The van der Waals surface area contributed by atoms with Crippen molar-refractivity contribution in [2.24, 2.45) is 0 Å². The Bertz CT molecular complexity index is 558. The average Bonchev–Trinajstić information content (AvgIpc) is 2.60. The first-order chi connectivity index (χ1) is 8.74. The van der Waals surface area contributed by atoms with Crippen molar-refractivity contribution in [1.29, 1.82) is 0 Å². The minimum atomic E-state index is 0.544. The van der Waals surface area contributed by atoms with Crippen molar-refractivity contribution in [1.82, 2.24) is 9.78 Å². The van der Waals surface area contributed by atoms with Crippen LogP contribution < -0.4 is 15.2 Å². The maximum absolute atomic E-state index is 5.75. The highest BCUT2D eigenvalue weighted by atomic mass is 16.5. The van der Waals surface area contributed by atoms with E-state index < -0.39 is 0 Å². The highest BCUT2D eigenvalue weighted by molar-refractivity contribution is 5.50. The molecule has 1 aliphatic rings. The topological polar surface area (TPSA) is 62.3 Å². The van der Waals surface area contributed by atoms with E-state index >= 15 is 0 Å². The molecule has 94 valence electrons. The van der Waals surface area contributed by atoms with Gasteiger partial charge in [0.1, 0.15) is 5.82 Å². The molecule has 0 unspecified atom stereocenters. The highest BCUT2D eigenvalue weighted by Gasteiger charge is 2.12. The Kier molecular flexibility index (Phi) is 2.59. The molecule has 3 rings (SSSR count). The van der Waals surface area contributed by atoms with E-state index in [4.69, 9.17) is 15.2 Å². The number of fused-ring (bicyclic) bond motifs is 1. The lowest BCUT2D eigenvalue weighted by Gasteiger charge is -2.09. The van der Waals surface area contributed by atoms with Crippen molar-refractivity contribution < 1.29 is 9.47 Å². The van der Waals surface area contributed by atoms with Gasteiger partial charge in [0.15, 0.2) is 11.5 Å². The Morgan fingerprint density at radius 3 is 2.72 bits per heavy atom. The molecule has 1 aliphatic heterocycles. The van der Waals surface area contributed by atoms with Crippen LogP contribution in [0.15, 0.2) is 24.4 Å². The van der Waals surface area contributed by atoms with Gasteiger partial charge in [-0.05, 0) is 19.1 Å². The predicted octanol–water partition coefficient (Wildman–Crippen LogP) is 1.92. The van der Waals surface area contributed by atoms with Crippen molar-refractivity contribution in [3.63, 3.8) is 0 Å². The molecule has 2 N–H and O–H groups in total. The zero-order chi connectivity index (χ0) is 12.5. The van der Waals surface area contributed by atoms with Crippen LogP contribution in [-0.2, 0) is 0 Å². The SMILES string of the molecule is Cc1cn(-c2ccc3c(c2)OCCCO3)nc1N. The number of anilines is 1. The second-order valence-electron chi connectivity index (χ2n) is 4.32. The first-order valence-electron chi connectivity index (χ1n) is 5.96. The van der Waals surface area contributed by atoms with Gasteiger partial charge in [-0.1, -0.05) is 0 Å². The fraction of sp³-hybridized carbons (Fsp3) is 0.308. The van der Waals surface area contributed by atoms with Gasteiger partial charge in [-0.25, -0.2) is 4.68 Å². The molecule has 5 heteroatoms. The van der Waals surface area contributed by atoms with Crippen molar-refractivity contribution in [3.05, 3.63) is 30.0 Å². The van der Waals surface area contributed by atoms with Gasteiger partial charge in [-0.15, -0.1) is 0 Å². The number of hydrogen-bond acceptors (Lipinski definition) is 4. The van der Waals surface area contributed by atoms with E-state index in [1.54, 1.807) is 4.68 Å². The Hall–Kier alpha value is -2.17. The molecule has 18 heavy (non-hydrogen) atoms. The van der Waals surface area contributed by atoms with Crippen molar-refractivity contribution in [3.8, 4) is 17.2 Å². The maximum atomic E-state index is 5.75. The van der Waals surface area contributed by atoms with E-state index in [9.17, 15) is 0 Å². The van der Waals surface area contributed by atoms with Gasteiger partial charge in [0.2, 0.25) is 0 Å². The Morgan fingerprint density at radius 2 is 2.00 bits per heavy atom. The molecule has 0 fully saturated rings. The number of ether oxygens (including phenoxy) is 2. The molecule has 0 spiro atoms. The van der Waals surface area contributed by atoms with Crippen LogP contribution in [-0.4, -0.2) is 23.0 Å². The molecule has 0 saturated carbocycles. The number of rotatable bonds is 1. The van der Waals surface area contributed by atoms with Gasteiger partial charge in [-0.3, -0.25) is 0 Å². The van der Waals surface area contributed by atoms with E-state index in [2.05, 4.69) is 5.10 Å². The number of aromatic nitrogens is 2. The zero-order valence-electron chi connectivity index (χ0n) is 10.2. The molecule has 5 nitrogen and oxygen atoms in total. The van der Waals surface area contributed by atoms with Crippen LogP contribution in [0.4, 0.5) is 5.82 Å². The summed E-state index contributed by atoms with van der Waals surface area (Å²) in [6.45, 7) is 3.30. The normalized spacial score (nSPS) is 14.3. The molecule has 0 saturated heterocycles. The zero-order valence-corrected chi connectivity index (χ0v) is 10.2. The summed E-state index contributed by atoms with van der Waals surface area (Å²) in [7, 11) is 0. The summed E-state index contributed by atoms with van der Waals surface area (Å²) in [6, 6.07) is 5.77. The molecule has 0 bridgehead atoms. The first-order valence-corrected chi connectivity index (χ1v) is 5.96. The van der Waals surface area contributed by atoms with Gasteiger partial charge >= 0.3 is 0 Å². The molecule has 0 aliphatic carbocycles. The minimum Gasteiger partial charge on any atom is -0.490 e. The summed E-state index contributed by atoms with van der Waals surface area (Å²) in [4.78, 5) is 0. The molecule has 2 heterocycles. The lowest BCUT2D eigenvalue weighted by molar-refractivity contribution is 0.297. The summed E-state index contributed by atoms with van der Waals surface area (Å²) >= 11 is 0. The number of aryl methyl sites for hydroxylation is 1. The van der Waals surface area contributed by atoms with Crippen molar-refractivity contribution in [2.45, 2.75) is 13.3 Å². The maximum Gasteiger partial charge on any atom is 0.163 e. The van der Waals surface area contributed by atoms with E-state index in [1.165, 1.54) is 0 Å². The lowest BCUT2D eigenvalue weighted by atomic mass is 10.3. The Labute approximate surface area is 105 Å². The fourth-order valence-electron chi connectivity index (χ4n) is 1.90. The third-order valence-electron chi connectivity index (χ3n) is 2.93. The van der Waals surface area contributed by atoms with E-state index in [-0.39, 0.29) is 0 Å². The van der Waals surface area contributed by atoms with Crippen LogP contribution in [0, 0.1) is 6.92 Å². The predicted molar refractivity (Wildman–Crippen MR) is 68.3 cm³/mol. The van der Waals surface area contributed by atoms with Gasteiger partial charge < -0.3 is 15.2 Å². The Balaban J connectivity index is 2.01. The van der Waals surface area contributed by atoms with Crippen LogP contribution in [0.25, 0.3) is 5.69 Å². The van der Waals surface area contributed by atoms with Crippen LogP contribution in [0.3, 0.4) is 0 Å². The van der Waals surface area contributed by atoms with Gasteiger partial charge in [0.05, 0.1) is 18.9 Å². The number of nitrogen functional groups attached to an aromatic ring is 1. The molecule has 1 aromatic carbocycles. The van der Waals surface area contributed by atoms with Gasteiger partial charge in [-0.2, -0.15) is 5.10 Å². The summed E-state index contributed by atoms with van der Waals surface area (Å²) in [5, 5.41) is 4.25. The van der Waals surface area contributed by atoms with Crippen LogP contribution >= 0.6 is 0 Å². The van der Waals surface area contributed by atoms with Gasteiger partial charge in [0.25, 0.3) is 0 Å². The number of nitrogens with zero attached hydrogens (tertiary/aromatic N) is 2. The van der Waals surface area contributed by atoms with E-state index in [1.807, 2.05) is 31.3 Å². The second kappa shape index (κ2) is 4.25. The van der Waals surface area contributed by atoms with Crippen LogP contribution in [0.1, 0.15) is 12.0 Å². The summed E-state index contributed by atoms with van der Waals surface area (Å²) in [5.41, 5.74) is 7.63. The number of nitrogens with two attached hydrogens (primary N) is 1. The van der Waals surface area contributed by atoms with Gasteiger partial charge in [0, 0.05) is 24.2 Å². The lowest BCUT2D eigenvalue weighted by Crippen LogP contribution is -1.98. The molecular formula is C13H15N3O2. The van der Waals surface area contributed by atoms with E-state index in [0.717, 1.165) is 29.2 Å². The smallest absolute Gasteiger partial charge is 0.163 e. The quantitative estimate of drug-likeness (QED) is 0.833. The van der Waals surface area contributed by atoms with Crippen LogP contribution in [0.5, 0.6) is 11.5 Å². The molecule has 0 radical (unpaired) electrons. The summed E-state index contributed by atoms with van der Waals surface area (Å²) in [6.07, 6.45) is 2.80. The number of benzene rings is 1. The minimum absolute atomic E-state index is 0.544. The van der Waals surface area contributed by atoms with E-state index in [0.29, 0.717) is 19.0 Å². The molecule has 0 amide bonds. The molecule has 1 aromatic heterocycles. The molecule has 0 atom stereocenters. The first kappa shape index (κ1) is 11.0. The largest absolute Gasteiger partial charge is 0.490 e. The molecule has 2 aromatic rings. The third-order valence-corrected chi connectivity index (χ3v) is 2.93. The highest BCUT2D eigenvalue weighted by Crippen LogP contribution is 2.31. The summed E-state index contributed by atoms with van der Waals surface area (Å²) < 4.78 is 13.0. The second-order valence-corrected chi connectivity index (χ2v) is 4.32. The van der Waals surface area contributed by atoms with Crippen LogP contribution in [0.2, 0.25) is 0 Å². The fourth-order valence-corrected chi connectivity index (χ4v) is 1.90. The standard InChI is InChI=1S/C13H15N3O2/c1-9-8-16(15-13(9)14)10-3-4-11-12(7-10)18-6-2-5-17-11/h3-4,7-8H,2,5-6H2,1H3,(H2,14,15). The number of hydrogen-bond donors (Lipinski definition) is 1. The summed E-state index contributed by atoms with van der Waals surface area (Å²) in [5.74, 6) is 2.09. The Morgan fingerprint density at radius 1 is 1.22 bits per heavy atom.